The number of benzene rings is 3. The zero-order chi connectivity index (χ0) is 20.4. The summed E-state index contributed by atoms with van der Waals surface area (Å²) in [6.07, 6.45) is 3.10. The molecular weight excluding hydrogens is 388 g/mol. The summed E-state index contributed by atoms with van der Waals surface area (Å²) in [5.41, 5.74) is 2.34. The molecule has 0 atom stereocenters. The van der Waals surface area contributed by atoms with Crippen LogP contribution in [0.3, 0.4) is 0 Å². The highest BCUT2D eigenvalue weighted by molar-refractivity contribution is 6.36. The van der Waals surface area contributed by atoms with Gasteiger partial charge in [0.2, 0.25) is 5.91 Å². The van der Waals surface area contributed by atoms with Crippen LogP contribution in [0.4, 0.5) is 11.4 Å². The molecule has 0 aromatic heterocycles. The molecule has 0 saturated heterocycles. The van der Waals surface area contributed by atoms with E-state index in [-0.39, 0.29) is 10.9 Å². The number of halogens is 1. The van der Waals surface area contributed by atoms with Gasteiger partial charge < -0.3 is 5.32 Å². The van der Waals surface area contributed by atoms with E-state index in [1.807, 2.05) is 30.3 Å². The maximum Gasteiger partial charge on any atom is 0.266 e. The zero-order valence-corrected chi connectivity index (χ0v) is 15.9. The van der Waals surface area contributed by atoms with Gasteiger partial charge in [0.25, 0.3) is 11.8 Å². The third kappa shape index (κ3) is 3.68. The van der Waals surface area contributed by atoms with Crippen molar-refractivity contribution in [3.63, 3.8) is 0 Å². The fourth-order valence-electron chi connectivity index (χ4n) is 3.08. The second-order valence-electron chi connectivity index (χ2n) is 6.39. The molecule has 0 fully saturated rings. The van der Waals surface area contributed by atoms with Crippen LogP contribution in [0.2, 0.25) is 5.02 Å². The lowest BCUT2D eigenvalue weighted by Gasteiger charge is -2.15. The van der Waals surface area contributed by atoms with Crippen LogP contribution in [0.5, 0.6) is 0 Å². The molecule has 0 aliphatic carbocycles. The van der Waals surface area contributed by atoms with E-state index in [0.29, 0.717) is 22.5 Å². The quantitative estimate of drug-likeness (QED) is 0.504. The minimum Gasteiger partial charge on any atom is -0.321 e. The number of hydrogen-bond donors (Lipinski definition) is 1. The van der Waals surface area contributed by atoms with Gasteiger partial charge in [-0.1, -0.05) is 54.1 Å². The standard InChI is InChI=1S/C23H15ClN2O3/c24-19-14-16(26-22(28)17-8-4-5-9-18(17)23(26)29)11-12-20(19)25-21(27)13-10-15-6-2-1-3-7-15/h1-14H,(H,25,27). The number of hydrogen-bond acceptors (Lipinski definition) is 3. The zero-order valence-electron chi connectivity index (χ0n) is 15.1. The highest BCUT2D eigenvalue weighted by Crippen LogP contribution is 2.32. The van der Waals surface area contributed by atoms with Crippen LogP contribution in [0.15, 0.2) is 78.9 Å². The highest BCUT2D eigenvalue weighted by atomic mass is 35.5. The first-order valence-corrected chi connectivity index (χ1v) is 9.24. The molecule has 29 heavy (non-hydrogen) atoms. The molecular formula is C23H15ClN2O3. The van der Waals surface area contributed by atoms with Crippen molar-refractivity contribution in [2.75, 3.05) is 10.2 Å². The third-order valence-corrected chi connectivity index (χ3v) is 4.80. The van der Waals surface area contributed by atoms with Gasteiger partial charge >= 0.3 is 0 Å². The molecule has 3 amide bonds. The van der Waals surface area contributed by atoms with E-state index >= 15 is 0 Å². The second-order valence-corrected chi connectivity index (χ2v) is 6.80. The Morgan fingerprint density at radius 2 is 1.48 bits per heavy atom. The summed E-state index contributed by atoms with van der Waals surface area (Å²) in [5.74, 6) is -1.14. The molecule has 3 aromatic carbocycles. The molecule has 0 unspecified atom stereocenters. The lowest BCUT2D eigenvalue weighted by molar-refractivity contribution is -0.111. The average molecular weight is 403 g/mol. The maximum absolute atomic E-state index is 12.6. The minimum absolute atomic E-state index is 0.223. The molecule has 1 aliphatic heterocycles. The number of imide groups is 1. The normalized spacial score (nSPS) is 13.1. The first-order chi connectivity index (χ1) is 14.0. The van der Waals surface area contributed by atoms with Gasteiger partial charge in [-0.25, -0.2) is 4.90 Å². The molecule has 5 nitrogen and oxygen atoms in total. The topological polar surface area (TPSA) is 66.5 Å². The summed E-state index contributed by atoms with van der Waals surface area (Å²) >= 11 is 6.29. The molecule has 3 aromatic rings. The predicted octanol–water partition coefficient (Wildman–Crippen LogP) is 4.79. The first kappa shape index (κ1) is 18.7. The molecule has 1 N–H and O–H groups in total. The smallest absolute Gasteiger partial charge is 0.266 e. The van der Waals surface area contributed by atoms with Crippen LogP contribution in [-0.4, -0.2) is 17.7 Å². The van der Waals surface area contributed by atoms with Crippen LogP contribution >= 0.6 is 11.6 Å². The fraction of sp³-hybridized carbons (Fsp3) is 0. The predicted molar refractivity (Wildman–Crippen MR) is 113 cm³/mol. The van der Waals surface area contributed by atoms with E-state index in [0.717, 1.165) is 10.5 Å². The Bertz CT molecular complexity index is 1120. The summed E-state index contributed by atoms with van der Waals surface area (Å²) in [5, 5.41) is 2.91. The van der Waals surface area contributed by atoms with E-state index in [1.165, 1.54) is 12.1 Å². The van der Waals surface area contributed by atoms with Gasteiger partial charge in [-0.05, 0) is 42.0 Å². The molecule has 6 heteroatoms. The van der Waals surface area contributed by atoms with E-state index in [4.69, 9.17) is 11.6 Å². The Labute approximate surface area is 172 Å². The van der Waals surface area contributed by atoms with E-state index in [2.05, 4.69) is 5.32 Å². The van der Waals surface area contributed by atoms with Crippen molar-refractivity contribution in [1.29, 1.82) is 0 Å². The lowest BCUT2D eigenvalue weighted by atomic mass is 10.1. The number of rotatable bonds is 4. The van der Waals surface area contributed by atoms with Crippen molar-refractivity contribution in [2.45, 2.75) is 0 Å². The Morgan fingerprint density at radius 1 is 0.862 bits per heavy atom. The summed E-state index contributed by atoms with van der Waals surface area (Å²) in [7, 11) is 0. The number of anilines is 2. The highest BCUT2D eigenvalue weighted by Gasteiger charge is 2.36. The number of amides is 3. The fourth-order valence-corrected chi connectivity index (χ4v) is 3.30. The minimum atomic E-state index is -0.399. The van der Waals surface area contributed by atoms with Gasteiger partial charge in [-0.15, -0.1) is 0 Å². The van der Waals surface area contributed by atoms with Gasteiger partial charge in [0.15, 0.2) is 0 Å². The van der Waals surface area contributed by atoms with E-state index in [9.17, 15) is 14.4 Å². The number of nitrogens with zero attached hydrogens (tertiary/aromatic N) is 1. The van der Waals surface area contributed by atoms with Gasteiger partial charge in [-0.2, -0.15) is 0 Å². The third-order valence-electron chi connectivity index (χ3n) is 4.49. The maximum atomic E-state index is 12.6. The second kappa shape index (κ2) is 7.73. The van der Waals surface area contributed by atoms with Crippen molar-refractivity contribution < 1.29 is 14.4 Å². The molecule has 1 aliphatic rings. The SMILES string of the molecule is O=C(C=Cc1ccccc1)Nc1ccc(N2C(=O)c3ccccc3C2=O)cc1Cl. The summed E-state index contributed by atoms with van der Waals surface area (Å²) < 4.78 is 0. The van der Waals surface area contributed by atoms with Gasteiger partial charge in [0.1, 0.15) is 0 Å². The summed E-state index contributed by atoms with van der Waals surface area (Å²) in [6.45, 7) is 0. The Kier molecular flexibility index (Phi) is 4.97. The molecule has 0 radical (unpaired) electrons. The van der Waals surface area contributed by atoms with Crippen LogP contribution in [0, 0.1) is 0 Å². The monoisotopic (exact) mass is 402 g/mol. The van der Waals surface area contributed by atoms with Crippen LogP contribution in [-0.2, 0) is 4.79 Å². The van der Waals surface area contributed by atoms with Gasteiger partial charge in [0.05, 0.1) is 27.5 Å². The average Bonchev–Trinajstić information content (AvgIpc) is 2.99. The first-order valence-electron chi connectivity index (χ1n) is 8.86. The van der Waals surface area contributed by atoms with E-state index < -0.39 is 11.8 Å². The van der Waals surface area contributed by atoms with Crippen molar-refractivity contribution in [1.82, 2.24) is 0 Å². The molecule has 142 valence electrons. The van der Waals surface area contributed by atoms with Crippen molar-refractivity contribution in [3.8, 4) is 0 Å². The number of carbonyl (C=O) groups is 3. The van der Waals surface area contributed by atoms with Crippen LogP contribution in [0.1, 0.15) is 26.3 Å². The lowest BCUT2D eigenvalue weighted by Crippen LogP contribution is -2.29. The Hall–Kier alpha value is -3.70. The van der Waals surface area contributed by atoms with Crippen LogP contribution in [0.25, 0.3) is 6.08 Å². The van der Waals surface area contributed by atoms with Crippen LogP contribution < -0.4 is 10.2 Å². The number of nitrogens with one attached hydrogen (secondary N) is 1. The number of carbonyl (C=O) groups excluding carboxylic acids is 3. The molecule has 4 rings (SSSR count). The summed E-state index contributed by atoms with van der Waals surface area (Å²) in [4.78, 5) is 38.4. The largest absolute Gasteiger partial charge is 0.321 e. The molecule has 0 bridgehead atoms. The molecule has 0 spiro atoms. The Morgan fingerprint density at radius 3 is 2.10 bits per heavy atom. The molecule has 1 heterocycles. The van der Waals surface area contributed by atoms with Crippen molar-refractivity contribution >= 4 is 46.8 Å². The van der Waals surface area contributed by atoms with Crippen molar-refractivity contribution in [3.05, 3.63) is 101 Å². The summed E-state index contributed by atoms with van der Waals surface area (Å²) in [6, 6.07) is 20.7. The van der Waals surface area contributed by atoms with Gasteiger partial charge in [-0.3, -0.25) is 14.4 Å². The van der Waals surface area contributed by atoms with Gasteiger partial charge in [0, 0.05) is 6.08 Å². The molecule has 0 saturated carbocycles. The Balaban J connectivity index is 1.52. The van der Waals surface area contributed by atoms with E-state index in [1.54, 1.807) is 42.5 Å². The number of fused-ring (bicyclic) bond motifs is 1. The van der Waals surface area contributed by atoms with Crippen molar-refractivity contribution in [2.24, 2.45) is 0 Å².